The van der Waals surface area contributed by atoms with Gasteiger partial charge in [-0.2, -0.15) is 9.97 Å². The van der Waals surface area contributed by atoms with Crippen LogP contribution in [-0.2, 0) is 11.2 Å². The van der Waals surface area contributed by atoms with Gasteiger partial charge in [-0.1, -0.05) is 6.07 Å². The fraction of sp³-hybridized carbons (Fsp3) is 0.222. The first kappa shape index (κ1) is 19.7. The number of nitrogen functional groups attached to an aromatic ring is 2. The fourth-order valence-electron chi connectivity index (χ4n) is 2.53. The van der Waals surface area contributed by atoms with Crippen LogP contribution < -0.4 is 22.5 Å². The van der Waals surface area contributed by atoms with E-state index < -0.39 is 5.91 Å². The van der Waals surface area contributed by atoms with Gasteiger partial charge >= 0.3 is 0 Å². The number of carbonyl (C=O) groups is 2. The van der Waals surface area contributed by atoms with Gasteiger partial charge in [-0.25, -0.2) is 0 Å². The third-order valence-corrected chi connectivity index (χ3v) is 3.83. The lowest BCUT2D eigenvalue weighted by molar-refractivity contribution is -0.113. The average Bonchev–Trinajstić information content (AvgIpc) is 2.58. The predicted molar refractivity (Wildman–Crippen MR) is 104 cm³/mol. The van der Waals surface area contributed by atoms with Gasteiger partial charge in [0.1, 0.15) is 5.82 Å². The minimum atomic E-state index is -0.583. The lowest BCUT2D eigenvalue weighted by atomic mass is 10.0. The summed E-state index contributed by atoms with van der Waals surface area (Å²) in [5.41, 5.74) is 18.5. The van der Waals surface area contributed by atoms with Crippen molar-refractivity contribution in [1.82, 2.24) is 9.97 Å². The summed E-state index contributed by atoms with van der Waals surface area (Å²) in [6.07, 6.45) is 3.82. The first-order valence-electron chi connectivity index (χ1n) is 8.25. The van der Waals surface area contributed by atoms with E-state index in [1.54, 1.807) is 18.2 Å². The molecule has 0 aliphatic carbocycles. The standard InChI is InChI=1S/C18H22N6O3/c1-10(25)14-9-12(6-4-11(14)5-7-15(19)26)22-8-2-3-13-16(20)23-18(21)24-17(13)27/h4-7,9,22H,2-3,8H2,1H3,(H2,19,26)(H5,20,21,23,24,27)/b7-5+. The van der Waals surface area contributed by atoms with Gasteiger partial charge in [0.2, 0.25) is 17.7 Å². The molecular weight excluding hydrogens is 348 g/mol. The van der Waals surface area contributed by atoms with Crippen molar-refractivity contribution in [3.05, 3.63) is 41.0 Å². The van der Waals surface area contributed by atoms with Gasteiger partial charge in [0.15, 0.2) is 5.78 Å². The second-order valence-corrected chi connectivity index (χ2v) is 5.89. The smallest absolute Gasteiger partial charge is 0.241 e. The Morgan fingerprint density at radius 3 is 2.63 bits per heavy atom. The van der Waals surface area contributed by atoms with Gasteiger partial charge in [0.05, 0.1) is 5.56 Å². The van der Waals surface area contributed by atoms with E-state index >= 15 is 0 Å². The second-order valence-electron chi connectivity index (χ2n) is 5.89. The van der Waals surface area contributed by atoms with E-state index in [2.05, 4.69) is 15.3 Å². The molecule has 0 radical (unpaired) electrons. The molecule has 0 bridgehead atoms. The number of aromatic hydroxyl groups is 1. The van der Waals surface area contributed by atoms with Gasteiger partial charge in [-0.15, -0.1) is 0 Å². The van der Waals surface area contributed by atoms with Gasteiger partial charge in [-0.05, 0) is 43.5 Å². The Balaban J connectivity index is 2.01. The third kappa shape index (κ3) is 5.43. The Morgan fingerprint density at radius 1 is 1.26 bits per heavy atom. The maximum Gasteiger partial charge on any atom is 0.241 e. The van der Waals surface area contributed by atoms with Crippen molar-refractivity contribution < 1.29 is 14.7 Å². The number of hydrogen-bond acceptors (Lipinski definition) is 8. The first-order valence-corrected chi connectivity index (χ1v) is 8.25. The molecule has 8 N–H and O–H groups in total. The monoisotopic (exact) mass is 370 g/mol. The SMILES string of the molecule is CC(=O)c1cc(NCCCc2c(N)nc(N)nc2O)ccc1/C=C/C(N)=O. The number of hydrogen-bond donors (Lipinski definition) is 5. The van der Waals surface area contributed by atoms with Crippen LogP contribution in [-0.4, -0.2) is 33.3 Å². The van der Waals surface area contributed by atoms with Gasteiger partial charge < -0.3 is 27.6 Å². The number of primary amides is 1. The molecule has 1 aromatic carbocycles. The van der Waals surface area contributed by atoms with E-state index in [0.29, 0.717) is 36.1 Å². The molecule has 0 aliphatic heterocycles. The number of nitrogens with one attached hydrogen (secondary N) is 1. The topological polar surface area (TPSA) is 170 Å². The molecule has 0 saturated carbocycles. The number of carbonyl (C=O) groups excluding carboxylic acids is 2. The van der Waals surface area contributed by atoms with E-state index in [9.17, 15) is 14.7 Å². The molecule has 1 amide bonds. The molecule has 2 rings (SSSR count). The Kier molecular flexibility index (Phi) is 6.32. The van der Waals surface area contributed by atoms with Crippen molar-refractivity contribution in [2.45, 2.75) is 19.8 Å². The van der Waals surface area contributed by atoms with Crippen LogP contribution in [0.1, 0.15) is 34.8 Å². The molecule has 1 heterocycles. The highest BCUT2D eigenvalue weighted by atomic mass is 16.3. The number of rotatable bonds is 8. The predicted octanol–water partition coefficient (Wildman–Crippen LogP) is 1.09. The molecule has 0 aliphatic rings. The second kappa shape index (κ2) is 8.65. The largest absolute Gasteiger partial charge is 0.493 e. The number of nitrogens with two attached hydrogens (primary N) is 3. The van der Waals surface area contributed by atoms with Crippen LogP contribution in [0.25, 0.3) is 6.08 Å². The summed E-state index contributed by atoms with van der Waals surface area (Å²) in [5.74, 6) is -0.844. The fourth-order valence-corrected chi connectivity index (χ4v) is 2.53. The Hall–Kier alpha value is -3.62. The molecule has 0 fully saturated rings. The van der Waals surface area contributed by atoms with E-state index in [4.69, 9.17) is 17.2 Å². The molecule has 9 nitrogen and oxygen atoms in total. The molecule has 1 aromatic heterocycles. The average molecular weight is 370 g/mol. The molecule has 27 heavy (non-hydrogen) atoms. The highest BCUT2D eigenvalue weighted by Crippen LogP contribution is 2.22. The Morgan fingerprint density at radius 2 is 2.00 bits per heavy atom. The van der Waals surface area contributed by atoms with Crippen LogP contribution in [0, 0.1) is 0 Å². The molecule has 0 atom stereocenters. The number of amides is 1. The van der Waals surface area contributed by atoms with Crippen molar-refractivity contribution >= 4 is 35.2 Å². The summed E-state index contributed by atoms with van der Waals surface area (Å²) in [7, 11) is 0. The minimum absolute atomic E-state index is 0.0749. The van der Waals surface area contributed by atoms with Gasteiger partial charge in [0, 0.05) is 23.9 Å². The van der Waals surface area contributed by atoms with Crippen molar-refractivity contribution in [3.63, 3.8) is 0 Å². The normalized spacial score (nSPS) is 10.9. The number of aromatic nitrogens is 2. The molecule has 0 saturated heterocycles. The van der Waals surface area contributed by atoms with Crippen LogP contribution in [0.5, 0.6) is 5.88 Å². The van der Waals surface area contributed by atoms with E-state index in [1.165, 1.54) is 19.1 Å². The van der Waals surface area contributed by atoms with Crippen LogP contribution in [0.15, 0.2) is 24.3 Å². The molecule has 2 aromatic rings. The summed E-state index contributed by atoms with van der Waals surface area (Å²) in [6.45, 7) is 2.02. The molecular formula is C18H22N6O3. The van der Waals surface area contributed by atoms with Crippen LogP contribution in [0.2, 0.25) is 0 Å². The van der Waals surface area contributed by atoms with E-state index in [0.717, 1.165) is 5.69 Å². The number of benzene rings is 1. The Labute approximate surface area is 156 Å². The van der Waals surface area contributed by atoms with Gasteiger partial charge in [-0.3, -0.25) is 9.59 Å². The summed E-state index contributed by atoms with van der Waals surface area (Å²) in [4.78, 5) is 30.2. The highest BCUT2D eigenvalue weighted by molar-refractivity contribution is 6.00. The maximum atomic E-state index is 11.8. The summed E-state index contributed by atoms with van der Waals surface area (Å²) in [6, 6.07) is 5.24. The number of anilines is 3. The maximum absolute atomic E-state index is 11.8. The zero-order valence-electron chi connectivity index (χ0n) is 14.9. The van der Waals surface area contributed by atoms with Crippen LogP contribution in [0.3, 0.4) is 0 Å². The lowest BCUT2D eigenvalue weighted by Gasteiger charge is -2.11. The van der Waals surface area contributed by atoms with E-state index in [1.807, 2.05) is 0 Å². The Bertz CT molecular complexity index is 872. The molecule has 0 spiro atoms. The first-order chi connectivity index (χ1) is 12.8. The van der Waals surface area contributed by atoms with Crippen molar-refractivity contribution in [1.29, 1.82) is 0 Å². The number of nitrogens with zero attached hydrogens (tertiary/aromatic N) is 2. The zero-order chi connectivity index (χ0) is 20.0. The van der Waals surface area contributed by atoms with Crippen LogP contribution >= 0.6 is 0 Å². The van der Waals surface area contributed by atoms with Crippen molar-refractivity contribution in [2.24, 2.45) is 5.73 Å². The van der Waals surface area contributed by atoms with Crippen molar-refractivity contribution in [3.8, 4) is 5.88 Å². The van der Waals surface area contributed by atoms with Crippen LogP contribution in [0.4, 0.5) is 17.5 Å². The lowest BCUT2D eigenvalue weighted by Crippen LogP contribution is -2.08. The highest BCUT2D eigenvalue weighted by Gasteiger charge is 2.10. The number of Topliss-reactive ketones (excluding diaryl/α,β-unsaturated/α-hetero) is 1. The molecule has 9 heteroatoms. The van der Waals surface area contributed by atoms with Gasteiger partial charge in [0.25, 0.3) is 0 Å². The number of ketones is 1. The summed E-state index contributed by atoms with van der Waals surface area (Å²) in [5, 5.41) is 13.0. The van der Waals surface area contributed by atoms with Crippen molar-refractivity contribution in [2.75, 3.05) is 23.3 Å². The molecule has 0 unspecified atom stereocenters. The molecule has 142 valence electrons. The zero-order valence-corrected chi connectivity index (χ0v) is 14.9. The third-order valence-electron chi connectivity index (χ3n) is 3.83. The van der Waals surface area contributed by atoms with E-state index in [-0.39, 0.29) is 23.4 Å². The minimum Gasteiger partial charge on any atom is -0.493 e. The summed E-state index contributed by atoms with van der Waals surface area (Å²) >= 11 is 0. The quantitative estimate of drug-likeness (QED) is 0.261. The summed E-state index contributed by atoms with van der Waals surface area (Å²) < 4.78 is 0.